The van der Waals surface area contributed by atoms with Gasteiger partial charge in [-0.1, -0.05) is 97.6 Å². The van der Waals surface area contributed by atoms with Crippen molar-refractivity contribution in [1.82, 2.24) is 9.13 Å². The van der Waals surface area contributed by atoms with E-state index in [1.165, 1.54) is 77.0 Å². The molecule has 2 heterocycles. The van der Waals surface area contributed by atoms with Crippen molar-refractivity contribution in [1.29, 1.82) is 0 Å². The molecule has 0 saturated carbocycles. The van der Waals surface area contributed by atoms with Crippen molar-refractivity contribution < 1.29 is 0 Å². The van der Waals surface area contributed by atoms with E-state index < -0.39 is 0 Å². The number of fused-ring (bicyclic) bond motifs is 7. The zero-order chi connectivity index (χ0) is 29.6. The maximum Gasteiger partial charge on any atom is 0.0494 e. The van der Waals surface area contributed by atoms with Crippen LogP contribution in [0.15, 0.2) is 140 Å². The second-order valence-electron chi connectivity index (χ2n) is 11.9. The van der Waals surface area contributed by atoms with E-state index in [-0.39, 0.29) is 0 Å². The van der Waals surface area contributed by atoms with Crippen molar-refractivity contribution in [3.05, 3.63) is 151 Å². The number of hydrogen-bond acceptors (Lipinski definition) is 0. The molecule has 0 atom stereocenters. The molecule has 1 aliphatic rings. The molecule has 5 aromatic carbocycles. The summed E-state index contributed by atoms with van der Waals surface area (Å²) in [5, 5.41) is 5.24. The predicted octanol–water partition coefficient (Wildman–Crippen LogP) is 11.1. The summed E-state index contributed by atoms with van der Waals surface area (Å²) in [4.78, 5) is 0. The molecule has 8 rings (SSSR count). The van der Waals surface area contributed by atoms with Crippen LogP contribution in [-0.4, -0.2) is 9.13 Å². The summed E-state index contributed by atoms with van der Waals surface area (Å²) in [5.41, 5.74) is 13.2. The Morgan fingerprint density at radius 2 is 1.23 bits per heavy atom. The van der Waals surface area contributed by atoms with Gasteiger partial charge in [0, 0.05) is 56.7 Å². The predicted molar refractivity (Wildman–Crippen MR) is 189 cm³/mol. The summed E-state index contributed by atoms with van der Waals surface area (Å²) < 4.78 is 4.90. The second-order valence-corrected chi connectivity index (χ2v) is 11.9. The van der Waals surface area contributed by atoms with Gasteiger partial charge in [-0.15, -0.1) is 0 Å². The van der Waals surface area contributed by atoms with Gasteiger partial charge < -0.3 is 9.13 Å². The van der Waals surface area contributed by atoms with Crippen molar-refractivity contribution >= 4 is 49.2 Å². The van der Waals surface area contributed by atoms with Gasteiger partial charge >= 0.3 is 0 Å². The lowest BCUT2D eigenvalue weighted by Gasteiger charge is -2.13. The number of allylic oxidation sites excluding steroid dienone is 5. The molecule has 2 aromatic heterocycles. The standard InChI is InChI=1S/C42H36N2/c1-3-12-29-14-11-15-30-13-5-6-16-33(30)34(29)25-26-44-40-20-10-8-18-36(40)38-28-32(22-24-42(38)44)31-21-23-41-37(27-31)35-17-7-9-19-39(35)43(41)4-2/h3,5-10,12-13,16-25,27-28H,1,4,11,14-15,26H2,2H3/b29-12-,34-25+. The molecule has 0 N–H and O–H groups in total. The van der Waals surface area contributed by atoms with Gasteiger partial charge in [0.25, 0.3) is 0 Å². The third kappa shape index (κ3) is 4.25. The van der Waals surface area contributed by atoms with Crippen LogP contribution >= 0.6 is 0 Å². The molecule has 0 radical (unpaired) electrons. The molecule has 2 nitrogen and oxygen atoms in total. The van der Waals surface area contributed by atoms with E-state index in [0.717, 1.165) is 32.4 Å². The fourth-order valence-corrected chi connectivity index (χ4v) is 7.52. The summed E-state index contributed by atoms with van der Waals surface area (Å²) >= 11 is 0. The first-order valence-electron chi connectivity index (χ1n) is 15.9. The van der Waals surface area contributed by atoms with E-state index in [0.29, 0.717) is 0 Å². The average molecular weight is 569 g/mol. The lowest BCUT2D eigenvalue weighted by Crippen LogP contribution is -1.98. The number of nitrogens with zero attached hydrogens (tertiary/aromatic N) is 2. The normalized spacial score (nSPS) is 15.5. The Labute approximate surface area is 258 Å². The van der Waals surface area contributed by atoms with Crippen LogP contribution in [0.25, 0.3) is 60.3 Å². The van der Waals surface area contributed by atoms with Crippen LogP contribution in [0.4, 0.5) is 0 Å². The molecular formula is C42H36N2. The second kappa shape index (κ2) is 10.9. The van der Waals surface area contributed by atoms with E-state index in [1.54, 1.807) is 0 Å². The van der Waals surface area contributed by atoms with Crippen LogP contribution in [0.2, 0.25) is 0 Å². The van der Waals surface area contributed by atoms with E-state index in [9.17, 15) is 0 Å². The van der Waals surface area contributed by atoms with Crippen LogP contribution in [0.5, 0.6) is 0 Å². The number of benzene rings is 5. The summed E-state index contributed by atoms with van der Waals surface area (Å²) in [6, 6.07) is 40.5. The fraction of sp³-hybridized carbons (Fsp3) is 0.143. The third-order valence-corrected chi connectivity index (χ3v) is 9.54. The quantitative estimate of drug-likeness (QED) is 0.183. The molecule has 44 heavy (non-hydrogen) atoms. The topological polar surface area (TPSA) is 9.86 Å². The number of para-hydroxylation sites is 2. The molecule has 0 saturated heterocycles. The summed E-state index contributed by atoms with van der Waals surface area (Å²) in [6.07, 6.45) is 9.94. The van der Waals surface area contributed by atoms with Gasteiger partial charge in [0.1, 0.15) is 0 Å². The molecule has 1 aliphatic carbocycles. The van der Waals surface area contributed by atoms with Crippen LogP contribution in [0, 0.1) is 0 Å². The van der Waals surface area contributed by atoms with Crippen molar-refractivity contribution in [2.24, 2.45) is 0 Å². The average Bonchev–Trinajstić information content (AvgIpc) is 3.49. The first-order chi connectivity index (χ1) is 21.7. The minimum atomic E-state index is 0.810. The SMILES string of the molecule is C=C/C=C1/CCCc2ccccc2/C1=C/Cn1c2ccccc2c2cc(-c3ccc4c(c3)c3ccccc3n4CC)ccc21. The minimum Gasteiger partial charge on any atom is -0.341 e. The highest BCUT2D eigenvalue weighted by Gasteiger charge is 2.17. The fourth-order valence-electron chi connectivity index (χ4n) is 7.52. The van der Waals surface area contributed by atoms with Gasteiger partial charge in [0.15, 0.2) is 0 Å². The van der Waals surface area contributed by atoms with Gasteiger partial charge in [-0.05, 0) is 96.0 Å². The van der Waals surface area contributed by atoms with Gasteiger partial charge in [0.05, 0.1) is 0 Å². The number of hydrogen-bond donors (Lipinski definition) is 0. The summed E-state index contributed by atoms with van der Waals surface area (Å²) in [6.45, 7) is 8.02. The first-order valence-corrected chi connectivity index (χ1v) is 15.9. The van der Waals surface area contributed by atoms with E-state index in [4.69, 9.17) is 0 Å². The molecule has 0 unspecified atom stereocenters. The Bertz CT molecular complexity index is 2280. The van der Waals surface area contributed by atoms with Crippen molar-refractivity contribution in [3.63, 3.8) is 0 Å². The molecule has 0 spiro atoms. The Morgan fingerprint density at radius 1 is 0.636 bits per heavy atom. The van der Waals surface area contributed by atoms with Crippen LogP contribution in [0.1, 0.15) is 30.9 Å². The molecule has 0 amide bonds. The number of rotatable bonds is 5. The van der Waals surface area contributed by atoms with Gasteiger partial charge in [-0.2, -0.15) is 0 Å². The zero-order valence-electron chi connectivity index (χ0n) is 25.3. The Hall–Kier alpha value is -5.08. The Morgan fingerprint density at radius 3 is 1.91 bits per heavy atom. The summed E-state index contributed by atoms with van der Waals surface area (Å²) in [5.74, 6) is 0. The molecular weight excluding hydrogens is 532 g/mol. The van der Waals surface area contributed by atoms with E-state index in [2.05, 4.69) is 144 Å². The highest BCUT2D eigenvalue weighted by molar-refractivity contribution is 6.11. The highest BCUT2D eigenvalue weighted by atomic mass is 15.0. The first kappa shape index (κ1) is 26.5. The number of aromatic nitrogens is 2. The zero-order valence-corrected chi connectivity index (χ0v) is 25.3. The van der Waals surface area contributed by atoms with Gasteiger partial charge in [-0.25, -0.2) is 0 Å². The van der Waals surface area contributed by atoms with Crippen LogP contribution in [-0.2, 0) is 19.5 Å². The Kier molecular flexibility index (Phi) is 6.56. The van der Waals surface area contributed by atoms with Crippen molar-refractivity contribution in [2.45, 2.75) is 39.3 Å². The van der Waals surface area contributed by atoms with Crippen LogP contribution in [0.3, 0.4) is 0 Å². The minimum absolute atomic E-state index is 0.810. The summed E-state index contributed by atoms with van der Waals surface area (Å²) in [7, 11) is 0. The molecule has 0 aliphatic heterocycles. The molecule has 7 aromatic rings. The number of aryl methyl sites for hydroxylation is 2. The van der Waals surface area contributed by atoms with Gasteiger partial charge in [0.2, 0.25) is 0 Å². The monoisotopic (exact) mass is 568 g/mol. The maximum absolute atomic E-state index is 4.03. The van der Waals surface area contributed by atoms with E-state index >= 15 is 0 Å². The van der Waals surface area contributed by atoms with Gasteiger partial charge in [-0.3, -0.25) is 0 Å². The van der Waals surface area contributed by atoms with Crippen LogP contribution < -0.4 is 0 Å². The molecule has 2 heteroatoms. The lowest BCUT2D eigenvalue weighted by molar-refractivity contribution is 0.827. The third-order valence-electron chi connectivity index (χ3n) is 9.54. The van der Waals surface area contributed by atoms with E-state index in [1.807, 2.05) is 6.08 Å². The Balaban J connectivity index is 1.26. The van der Waals surface area contributed by atoms with Crippen molar-refractivity contribution in [2.75, 3.05) is 0 Å². The largest absolute Gasteiger partial charge is 0.341 e. The maximum atomic E-state index is 4.03. The highest BCUT2D eigenvalue weighted by Crippen LogP contribution is 2.38. The molecule has 214 valence electrons. The lowest BCUT2D eigenvalue weighted by atomic mass is 9.94. The molecule has 0 bridgehead atoms. The van der Waals surface area contributed by atoms with Crippen molar-refractivity contribution in [3.8, 4) is 11.1 Å². The smallest absolute Gasteiger partial charge is 0.0494 e. The molecule has 0 fully saturated rings.